The number of carbonyl (C=O) groups is 1. The Morgan fingerprint density at radius 3 is 2.47 bits per heavy atom. The Labute approximate surface area is 90.7 Å². The lowest BCUT2D eigenvalue weighted by atomic mass is 10.2. The first-order valence-corrected chi connectivity index (χ1v) is 5.15. The Hall–Kier alpha value is -1.51. The highest BCUT2D eigenvalue weighted by Gasteiger charge is 2.09. The highest BCUT2D eigenvalue weighted by Crippen LogP contribution is 2.28. The van der Waals surface area contributed by atoms with Crippen molar-refractivity contribution in [3.05, 3.63) is 23.8 Å². The molecule has 0 bridgehead atoms. The molecule has 3 nitrogen and oxygen atoms in total. The number of carbonyl (C=O) groups excluding carboxylic acids is 1. The van der Waals surface area contributed by atoms with E-state index in [2.05, 4.69) is 18.7 Å². The van der Waals surface area contributed by atoms with Gasteiger partial charge in [-0.2, -0.15) is 0 Å². The lowest BCUT2D eigenvalue weighted by molar-refractivity contribution is 0.112. The molecular formula is C12H17NO2. The van der Waals surface area contributed by atoms with Crippen LogP contribution >= 0.6 is 0 Å². The van der Waals surface area contributed by atoms with Gasteiger partial charge in [0, 0.05) is 18.7 Å². The maximum Gasteiger partial charge on any atom is 0.150 e. The molecule has 0 spiro atoms. The molecule has 0 atom stereocenters. The number of hydrogen-bond acceptors (Lipinski definition) is 3. The lowest BCUT2D eigenvalue weighted by Gasteiger charge is -2.23. The molecule has 1 rings (SSSR count). The zero-order chi connectivity index (χ0) is 11.3. The highest BCUT2D eigenvalue weighted by molar-refractivity contribution is 5.78. The molecule has 0 heterocycles. The van der Waals surface area contributed by atoms with E-state index in [1.54, 1.807) is 13.2 Å². The lowest BCUT2D eigenvalue weighted by Crippen LogP contribution is -2.22. The predicted molar refractivity (Wildman–Crippen MR) is 61.9 cm³/mol. The molecule has 1 aromatic rings. The van der Waals surface area contributed by atoms with Crippen LogP contribution in [0, 0.1) is 0 Å². The van der Waals surface area contributed by atoms with Crippen molar-refractivity contribution in [3.63, 3.8) is 0 Å². The molecule has 0 saturated carbocycles. The second-order valence-electron chi connectivity index (χ2n) is 3.22. The van der Waals surface area contributed by atoms with E-state index in [0.717, 1.165) is 30.8 Å². The Kier molecular flexibility index (Phi) is 4.16. The van der Waals surface area contributed by atoms with Gasteiger partial charge in [-0.15, -0.1) is 0 Å². The zero-order valence-electron chi connectivity index (χ0n) is 9.49. The number of nitrogens with zero attached hydrogens (tertiary/aromatic N) is 1. The first kappa shape index (κ1) is 11.6. The molecule has 0 radical (unpaired) electrons. The molecule has 0 aliphatic rings. The van der Waals surface area contributed by atoms with Crippen molar-refractivity contribution in [2.45, 2.75) is 13.8 Å². The fourth-order valence-corrected chi connectivity index (χ4v) is 1.59. The van der Waals surface area contributed by atoms with E-state index in [-0.39, 0.29) is 0 Å². The maximum atomic E-state index is 10.6. The Balaban J connectivity index is 3.11. The molecule has 0 aromatic heterocycles. The number of benzene rings is 1. The van der Waals surface area contributed by atoms with Gasteiger partial charge in [0.25, 0.3) is 0 Å². The van der Waals surface area contributed by atoms with Crippen molar-refractivity contribution in [3.8, 4) is 5.75 Å². The topological polar surface area (TPSA) is 29.5 Å². The molecule has 0 saturated heterocycles. The van der Waals surface area contributed by atoms with Gasteiger partial charge < -0.3 is 9.64 Å². The molecule has 0 aliphatic carbocycles. The summed E-state index contributed by atoms with van der Waals surface area (Å²) in [5.41, 5.74) is 1.68. The van der Waals surface area contributed by atoms with Crippen LogP contribution < -0.4 is 9.64 Å². The van der Waals surface area contributed by atoms with E-state index in [1.165, 1.54) is 0 Å². The Morgan fingerprint density at radius 2 is 2.00 bits per heavy atom. The summed E-state index contributed by atoms with van der Waals surface area (Å²) in [4.78, 5) is 12.8. The fourth-order valence-electron chi connectivity index (χ4n) is 1.59. The fraction of sp³-hybridized carbons (Fsp3) is 0.417. The first-order chi connectivity index (χ1) is 7.26. The van der Waals surface area contributed by atoms with Crippen LogP contribution in [0.2, 0.25) is 0 Å². The molecule has 0 aliphatic heterocycles. The van der Waals surface area contributed by atoms with Gasteiger partial charge in [-0.3, -0.25) is 4.79 Å². The quantitative estimate of drug-likeness (QED) is 0.694. The molecule has 1 aromatic carbocycles. The van der Waals surface area contributed by atoms with Crippen molar-refractivity contribution in [2.24, 2.45) is 0 Å². The zero-order valence-corrected chi connectivity index (χ0v) is 9.49. The van der Waals surface area contributed by atoms with Gasteiger partial charge in [0.15, 0.2) is 0 Å². The van der Waals surface area contributed by atoms with Crippen molar-refractivity contribution in [1.82, 2.24) is 0 Å². The van der Waals surface area contributed by atoms with Crippen LogP contribution in [0.15, 0.2) is 18.2 Å². The summed E-state index contributed by atoms with van der Waals surface area (Å²) >= 11 is 0. The minimum Gasteiger partial charge on any atom is -0.495 e. The van der Waals surface area contributed by atoms with Crippen LogP contribution in [0.25, 0.3) is 0 Å². The van der Waals surface area contributed by atoms with Gasteiger partial charge in [0.2, 0.25) is 0 Å². The van der Waals surface area contributed by atoms with E-state index in [9.17, 15) is 4.79 Å². The Bertz CT molecular complexity index is 332. The van der Waals surface area contributed by atoms with Crippen LogP contribution in [0.1, 0.15) is 24.2 Å². The summed E-state index contributed by atoms with van der Waals surface area (Å²) in [6.45, 7) is 6.04. The highest BCUT2D eigenvalue weighted by atomic mass is 16.5. The normalized spacial score (nSPS) is 9.80. The summed E-state index contributed by atoms with van der Waals surface area (Å²) in [5.74, 6) is 0.753. The van der Waals surface area contributed by atoms with Gasteiger partial charge >= 0.3 is 0 Å². The minimum atomic E-state index is 0.641. The molecule has 3 heteroatoms. The van der Waals surface area contributed by atoms with Crippen molar-refractivity contribution in [1.29, 1.82) is 0 Å². The van der Waals surface area contributed by atoms with Crippen molar-refractivity contribution >= 4 is 12.0 Å². The van der Waals surface area contributed by atoms with Gasteiger partial charge in [0.1, 0.15) is 12.0 Å². The van der Waals surface area contributed by atoms with Gasteiger partial charge in [-0.05, 0) is 32.0 Å². The molecule has 0 N–H and O–H groups in total. The smallest absolute Gasteiger partial charge is 0.150 e. The van der Waals surface area contributed by atoms with Crippen molar-refractivity contribution < 1.29 is 9.53 Å². The summed E-state index contributed by atoms with van der Waals surface area (Å²) in [7, 11) is 1.62. The second kappa shape index (κ2) is 5.39. The van der Waals surface area contributed by atoms with Gasteiger partial charge in [-0.1, -0.05) is 0 Å². The minimum absolute atomic E-state index is 0.641. The predicted octanol–water partition coefficient (Wildman–Crippen LogP) is 2.35. The van der Waals surface area contributed by atoms with E-state index in [1.807, 2.05) is 12.1 Å². The van der Waals surface area contributed by atoms with Gasteiger partial charge in [-0.25, -0.2) is 0 Å². The number of ether oxygens (including phenoxy) is 1. The van der Waals surface area contributed by atoms with Crippen LogP contribution in [0.4, 0.5) is 5.69 Å². The molecule has 0 unspecified atom stereocenters. The van der Waals surface area contributed by atoms with E-state index in [0.29, 0.717) is 5.56 Å². The third-order valence-electron chi connectivity index (χ3n) is 2.44. The molecular weight excluding hydrogens is 190 g/mol. The van der Waals surface area contributed by atoms with Gasteiger partial charge in [0.05, 0.1) is 12.8 Å². The number of aldehydes is 1. The molecule has 15 heavy (non-hydrogen) atoms. The van der Waals surface area contributed by atoms with Crippen LogP contribution in [-0.2, 0) is 0 Å². The Morgan fingerprint density at radius 1 is 1.33 bits per heavy atom. The first-order valence-electron chi connectivity index (χ1n) is 5.15. The maximum absolute atomic E-state index is 10.6. The number of anilines is 1. The average molecular weight is 207 g/mol. The second-order valence-corrected chi connectivity index (χ2v) is 3.22. The molecule has 0 amide bonds. The van der Waals surface area contributed by atoms with Crippen LogP contribution in [0.3, 0.4) is 0 Å². The molecule has 82 valence electrons. The van der Waals surface area contributed by atoms with E-state index < -0.39 is 0 Å². The number of hydrogen-bond donors (Lipinski definition) is 0. The summed E-state index contributed by atoms with van der Waals surface area (Å²) < 4.78 is 5.27. The summed E-state index contributed by atoms with van der Waals surface area (Å²) in [6, 6.07) is 5.50. The SMILES string of the molecule is CCN(CC)c1ccc(C=O)cc1OC. The van der Waals surface area contributed by atoms with Crippen LogP contribution in [0.5, 0.6) is 5.75 Å². The third kappa shape index (κ3) is 2.49. The van der Waals surface area contributed by atoms with E-state index >= 15 is 0 Å². The standard InChI is InChI=1S/C12H17NO2/c1-4-13(5-2)11-7-6-10(9-14)8-12(11)15-3/h6-9H,4-5H2,1-3H3. The average Bonchev–Trinajstić information content (AvgIpc) is 2.31. The summed E-state index contributed by atoms with van der Waals surface area (Å²) in [5, 5.41) is 0. The summed E-state index contributed by atoms with van der Waals surface area (Å²) in [6.07, 6.45) is 0.828. The molecule has 0 fully saturated rings. The number of rotatable bonds is 5. The van der Waals surface area contributed by atoms with Crippen LogP contribution in [-0.4, -0.2) is 26.5 Å². The monoisotopic (exact) mass is 207 g/mol. The van der Waals surface area contributed by atoms with Crippen molar-refractivity contribution in [2.75, 3.05) is 25.1 Å². The van der Waals surface area contributed by atoms with E-state index in [4.69, 9.17) is 4.74 Å². The number of methoxy groups -OCH3 is 1. The largest absolute Gasteiger partial charge is 0.495 e. The third-order valence-corrected chi connectivity index (χ3v) is 2.44.